The van der Waals surface area contributed by atoms with Crippen LogP contribution in [0.15, 0.2) is 30.3 Å². The number of hydrogen-bond acceptors (Lipinski definition) is 2. The molecule has 0 bridgehead atoms. The number of amides is 1. The summed E-state index contributed by atoms with van der Waals surface area (Å²) >= 11 is 6.43. The summed E-state index contributed by atoms with van der Waals surface area (Å²) in [5.41, 5.74) is 1.84. The maximum atomic E-state index is 12.4. The summed E-state index contributed by atoms with van der Waals surface area (Å²) in [6, 6.07) is 9.83. The molecule has 5 heteroatoms. The van der Waals surface area contributed by atoms with Crippen LogP contribution < -0.4 is 0 Å². The van der Waals surface area contributed by atoms with Crippen LogP contribution in [0.4, 0.5) is 0 Å². The molecular weight excluding hydrogens is 286 g/mol. The lowest BCUT2D eigenvalue weighted by Gasteiger charge is -2.28. The van der Waals surface area contributed by atoms with Gasteiger partial charge >= 0.3 is 0 Å². The zero-order chi connectivity index (χ0) is 15.8. The van der Waals surface area contributed by atoms with Crippen LogP contribution in [0, 0.1) is 6.92 Å². The second-order valence-corrected chi connectivity index (χ2v) is 6.16. The number of carbonyl (C=O) groups excluding carboxylic acids is 1. The molecule has 0 aliphatic carbocycles. The van der Waals surface area contributed by atoms with E-state index in [1.165, 1.54) is 0 Å². The summed E-state index contributed by atoms with van der Waals surface area (Å²) in [4.78, 5) is 13.9. The van der Waals surface area contributed by atoms with Crippen LogP contribution in [0.25, 0.3) is 11.3 Å². The lowest BCUT2D eigenvalue weighted by molar-refractivity contribution is -0.137. The molecule has 1 heterocycles. The van der Waals surface area contributed by atoms with Gasteiger partial charge in [0.05, 0.1) is 5.69 Å². The van der Waals surface area contributed by atoms with Gasteiger partial charge in [0.25, 0.3) is 0 Å². The summed E-state index contributed by atoms with van der Waals surface area (Å²) in [6.07, 6.45) is 0. The zero-order valence-corrected chi connectivity index (χ0v) is 13.8. The van der Waals surface area contributed by atoms with E-state index in [1.807, 2.05) is 51.1 Å². The Labute approximate surface area is 130 Å². The SMILES string of the molecule is Cc1c(-c2ccccc2)nn(C(C)(C)C(=O)N(C)C)c1Cl. The van der Waals surface area contributed by atoms with Crippen molar-refractivity contribution >= 4 is 17.5 Å². The molecule has 0 spiro atoms. The van der Waals surface area contributed by atoms with Gasteiger partial charge in [0.1, 0.15) is 10.7 Å². The minimum absolute atomic E-state index is 0.0495. The normalized spacial score (nSPS) is 11.5. The third kappa shape index (κ3) is 2.68. The number of carbonyl (C=O) groups is 1. The summed E-state index contributed by atoms with van der Waals surface area (Å²) in [5.74, 6) is -0.0495. The smallest absolute Gasteiger partial charge is 0.249 e. The fraction of sp³-hybridized carbons (Fsp3) is 0.375. The van der Waals surface area contributed by atoms with Crippen LogP contribution in [0.1, 0.15) is 19.4 Å². The summed E-state index contributed by atoms with van der Waals surface area (Å²) in [6.45, 7) is 5.56. The number of likely N-dealkylation sites (N-methyl/N-ethyl adjacent to an activating group) is 1. The zero-order valence-electron chi connectivity index (χ0n) is 13.0. The largest absolute Gasteiger partial charge is 0.347 e. The number of halogens is 1. The molecule has 4 nitrogen and oxygen atoms in total. The van der Waals surface area contributed by atoms with Crippen molar-refractivity contribution in [2.75, 3.05) is 14.1 Å². The van der Waals surface area contributed by atoms with E-state index in [2.05, 4.69) is 5.10 Å². The van der Waals surface area contributed by atoms with Crippen molar-refractivity contribution in [2.45, 2.75) is 26.3 Å². The standard InChI is InChI=1S/C16H20ClN3O/c1-11-13(12-9-7-6-8-10-12)18-20(14(11)17)16(2,3)15(21)19(4)5/h6-10H,1-5H3. The molecule has 0 N–H and O–H groups in total. The van der Waals surface area contributed by atoms with E-state index < -0.39 is 5.54 Å². The lowest BCUT2D eigenvalue weighted by Crippen LogP contribution is -2.44. The van der Waals surface area contributed by atoms with Gasteiger partial charge in [-0.25, -0.2) is 4.68 Å². The van der Waals surface area contributed by atoms with Crippen LogP contribution in [-0.2, 0) is 10.3 Å². The second kappa shape index (κ2) is 5.53. The highest BCUT2D eigenvalue weighted by atomic mass is 35.5. The van der Waals surface area contributed by atoms with Crippen LogP contribution in [-0.4, -0.2) is 34.7 Å². The van der Waals surface area contributed by atoms with Crippen molar-refractivity contribution in [3.8, 4) is 11.3 Å². The molecule has 0 aliphatic heterocycles. The Balaban J connectivity index is 2.56. The molecule has 0 radical (unpaired) electrons. The summed E-state index contributed by atoms with van der Waals surface area (Å²) < 4.78 is 1.61. The first-order valence-electron chi connectivity index (χ1n) is 6.79. The Morgan fingerprint density at radius 3 is 2.33 bits per heavy atom. The maximum absolute atomic E-state index is 12.4. The van der Waals surface area contributed by atoms with E-state index in [1.54, 1.807) is 23.7 Å². The molecule has 0 saturated carbocycles. The second-order valence-electron chi connectivity index (χ2n) is 5.80. The summed E-state index contributed by atoms with van der Waals surface area (Å²) in [5, 5.41) is 5.09. The molecule has 2 aromatic rings. The highest BCUT2D eigenvalue weighted by Gasteiger charge is 2.35. The Kier molecular flexibility index (Phi) is 4.10. The van der Waals surface area contributed by atoms with Crippen molar-refractivity contribution in [1.82, 2.24) is 14.7 Å². The maximum Gasteiger partial charge on any atom is 0.249 e. The molecule has 0 unspecified atom stereocenters. The third-order valence-electron chi connectivity index (χ3n) is 3.56. The summed E-state index contributed by atoms with van der Waals surface area (Å²) in [7, 11) is 3.46. The number of rotatable bonds is 3. The topological polar surface area (TPSA) is 38.1 Å². The number of nitrogens with zero attached hydrogens (tertiary/aromatic N) is 3. The van der Waals surface area contributed by atoms with Gasteiger partial charge in [-0.05, 0) is 20.8 Å². The van der Waals surface area contributed by atoms with Gasteiger partial charge in [-0.2, -0.15) is 5.10 Å². The first kappa shape index (κ1) is 15.6. The molecule has 0 aliphatic rings. The van der Waals surface area contributed by atoms with E-state index in [4.69, 9.17) is 11.6 Å². The van der Waals surface area contributed by atoms with E-state index in [-0.39, 0.29) is 5.91 Å². The molecule has 1 amide bonds. The van der Waals surface area contributed by atoms with Crippen molar-refractivity contribution < 1.29 is 4.79 Å². The number of aromatic nitrogens is 2. The highest BCUT2D eigenvalue weighted by Crippen LogP contribution is 2.32. The first-order valence-corrected chi connectivity index (χ1v) is 7.17. The monoisotopic (exact) mass is 305 g/mol. The third-order valence-corrected chi connectivity index (χ3v) is 4.00. The van der Waals surface area contributed by atoms with E-state index >= 15 is 0 Å². The molecule has 0 fully saturated rings. The van der Waals surface area contributed by atoms with Gasteiger partial charge in [-0.15, -0.1) is 0 Å². The first-order chi connectivity index (χ1) is 9.76. The predicted octanol–water partition coefficient (Wildman–Crippen LogP) is 3.34. The van der Waals surface area contributed by atoms with Crippen LogP contribution >= 0.6 is 11.6 Å². The Morgan fingerprint density at radius 2 is 1.81 bits per heavy atom. The van der Waals surface area contributed by atoms with Crippen molar-refractivity contribution in [3.63, 3.8) is 0 Å². The molecule has 21 heavy (non-hydrogen) atoms. The fourth-order valence-corrected chi connectivity index (χ4v) is 2.69. The molecule has 1 aromatic carbocycles. The minimum Gasteiger partial charge on any atom is -0.347 e. The minimum atomic E-state index is -0.835. The Hall–Kier alpha value is -1.81. The van der Waals surface area contributed by atoms with Crippen molar-refractivity contribution in [2.24, 2.45) is 0 Å². The van der Waals surface area contributed by atoms with Crippen LogP contribution in [0.2, 0.25) is 5.15 Å². The predicted molar refractivity (Wildman–Crippen MR) is 85.4 cm³/mol. The Bertz CT molecular complexity index is 660. The quantitative estimate of drug-likeness (QED) is 0.872. The average molecular weight is 306 g/mol. The average Bonchev–Trinajstić information content (AvgIpc) is 2.76. The van der Waals surface area contributed by atoms with Crippen LogP contribution in [0.5, 0.6) is 0 Å². The van der Waals surface area contributed by atoms with Gasteiger partial charge in [0.15, 0.2) is 0 Å². The lowest BCUT2D eigenvalue weighted by atomic mass is 10.0. The van der Waals surface area contributed by atoms with E-state index in [0.717, 1.165) is 16.8 Å². The molecule has 0 atom stereocenters. The van der Waals surface area contributed by atoms with Crippen LogP contribution in [0.3, 0.4) is 0 Å². The molecule has 2 rings (SSSR count). The van der Waals surface area contributed by atoms with Gasteiger partial charge in [-0.1, -0.05) is 41.9 Å². The van der Waals surface area contributed by atoms with Crippen molar-refractivity contribution in [3.05, 3.63) is 41.0 Å². The molecule has 1 aromatic heterocycles. The van der Waals surface area contributed by atoms with E-state index in [9.17, 15) is 4.79 Å². The van der Waals surface area contributed by atoms with Gasteiger partial charge < -0.3 is 4.90 Å². The molecule has 112 valence electrons. The van der Waals surface area contributed by atoms with E-state index in [0.29, 0.717) is 5.15 Å². The number of hydrogen-bond donors (Lipinski definition) is 0. The van der Waals surface area contributed by atoms with Gasteiger partial charge in [0, 0.05) is 25.2 Å². The van der Waals surface area contributed by atoms with Gasteiger partial charge in [0.2, 0.25) is 5.91 Å². The van der Waals surface area contributed by atoms with Gasteiger partial charge in [-0.3, -0.25) is 4.79 Å². The molecule has 0 saturated heterocycles. The van der Waals surface area contributed by atoms with Crippen molar-refractivity contribution in [1.29, 1.82) is 0 Å². The Morgan fingerprint density at radius 1 is 1.24 bits per heavy atom. The molecular formula is C16H20ClN3O. The highest BCUT2D eigenvalue weighted by molar-refractivity contribution is 6.30. The fourth-order valence-electron chi connectivity index (χ4n) is 2.35. The number of benzene rings is 1.